The molecule has 2 saturated heterocycles. The van der Waals surface area contributed by atoms with Crippen LogP contribution in [0, 0.1) is 0 Å². The van der Waals surface area contributed by atoms with Gasteiger partial charge in [0.25, 0.3) is 0 Å². The summed E-state index contributed by atoms with van der Waals surface area (Å²) in [6.07, 6.45) is 4.48. The lowest BCUT2D eigenvalue weighted by Gasteiger charge is -2.39. The van der Waals surface area contributed by atoms with Gasteiger partial charge in [-0.3, -0.25) is 0 Å². The summed E-state index contributed by atoms with van der Waals surface area (Å²) < 4.78 is 17.0. The predicted molar refractivity (Wildman–Crippen MR) is 61.5 cm³/mol. The third kappa shape index (κ3) is 3.16. The molecule has 0 aromatic carbocycles. The minimum absolute atomic E-state index is 0.0141. The van der Waals surface area contributed by atoms with Crippen LogP contribution >= 0.6 is 15.9 Å². The van der Waals surface area contributed by atoms with Crippen molar-refractivity contribution in [2.24, 2.45) is 0 Å². The second kappa shape index (κ2) is 5.62. The average molecular weight is 279 g/mol. The summed E-state index contributed by atoms with van der Waals surface area (Å²) in [6.45, 7) is 3.35. The fourth-order valence-electron chi connectivity index (χ4n) is 2.17. The van der Waals surface area contributed by atoms with E-state index in [4.69, 9.17) is 14.2 Å². The first-order valence-electron chi connectivity index (χ1n) is 5.74. The van der Waals surface area contributed by atoms with E-state index in [9.17, 15) is 0 Å². The zero-order valence-corrected chi connectivity index (χ0v) is 10.6. The van der Waals surface area contributed by atoms with Crippen LogP contribution in [-0.2, 0) is 14.2 Å². The molecule has 15 heavy (non-hydrogen) atoms. The van der Waals surface area contributed by atoms with Crippen LogP contribution in [0.25, 0.3) is 0 Å². The summed E-state index contributed by atoms with van der Waals surface area (Å²) in [4.78, 5) is 0. The molecule has 0 atom stereocenters. The number of rotatable bonds is 3. The van der Waals surface area contributed by atoms with Crippen molar-refractivity contribution in [3.8, 4) is 0 Å². The van der Waals surface area contributed by atoms with E-state index in [1.165, 1.54) is 0 Å². The first-order chi connectivity index (χ1) is 7.35. The van der Waals surface area contributed by atoms with Gasteiger partial charge in [0.05, 0.1) is 11.7 Å². The van der Waals surface area contributed by atoms with Gasteiger partial charge in [-0.05, 0) is 12.8 Å². The van der Waals surface area contributed by atoms with Crippen molar-refractivity contribution >= 4 is 15.9 Å². The smallest absolute Gasteiger partial charge is 0.0826 e. The molecule has 4 heteroatoms. The molecular formula is C11H19BrO3. The lowest BCUT2D eigenvalue weighted by Crippen LogP contribution is -2.44. The van der Waals surface area contributed by atoms with Gasteiger partial charge in [-0.15, -0.1) is 0 Å². The Morgan fingerprint density at radius 3 is 2.27 bits per heavy atom. The van der Waals surface area contributed by atoms with Crippen LogP contribution in [0.3, 0.4) is 0 Å². The van der Waals surface area contributed by atoms with Crippen molar-refractivity contribution in [1.82, 2.24) is 0 Å². The average Bonchev–Trinajstić information content (AvgIpc) is 2.32. The molecule has 0 spiro atoms. The zero-order chi connectivity index (χ0) is 10.6. The monoisotopic (exact) mass is 278 g/mol. The number of halogens is 1. The summed E-state index contributed by atoms with van der Waals surface area (Å²) in [7, 11) is 0. The highest BCUT2D eigenvalue weighted by Gasteiger charge is 2.35. The standard InChI is InChI=1S/C11H19BrO3/c12-9-11(3-7-14-8-4-11)15-10-1-5-13-6-2-10/h10H,1-9H2. The second-order valence-electron chi connectivity index (χ2n) is 4.36. The Bertz CT molecular complexity index is 186. The van der Waals surface area contributed by atoms with E-state index in [0.717, 1.165) is 57.4 Å². The van der Waals surface area contributed by atoms with Crippen molar-refractivity contribution in [2.75, 3.05) is 31.8 Å². The van der Waals surface area contributed by atoms with Gasteiger partial charge < -0.3 is 14.2 Å². The van der Waals surface area contributed by atoms with Gasteiger partial charge >= 0.3 is 0 Å². The molecule has 0 amide bonds. The van der Waals surface area contributed by atoms with Crippen LogP contribution in [0.2, 0.25) is 0 Å². The summed E-state index contributed by atoms with van der Waals surface area (Å²) in [5, 5.41) is 0.917. The third-order valence-electron chi connectivity index (χ3n) is 3.23. The fraction of sp³-hybridized carbons (Fsp3) is 1.00. The first-order valence-corrected chi connectivity index (χ1v) is 6.86. The second-order valence-corrected chi connectivity index (χ2v) is 4.92. The quantitative estimate of drug-likeness (QED) is 0.741. The molecule has 2 aliphatic heterocycles. The molecular weight excluding hydrogens is 260 g/mol. The van der Waals surface area contributed by atoms with Gasteiger partial charge in [0.15, 0.2) is 0 Å². The largest absolute Gasteiger partial charge is 0.381 e. The highest BCUT2D eigenvalue weighted by molar-refractivity contribution is 9.09. The van der Waals surface area contributed by atoms with Crippen LogP contribution in [0.5, 0.6) is 0 Å². The van der Waals surface area contributed by atoms with E-state index in [0.29, 0.717) is 6.10 Å². The van der Waals surface area contributed by atoms with E-state index in [2.05, 4.69) is 15.9 Å². The molecule has 0 N–H and O–H groups in total. The lowest BCUT2D eigenvalue weighted by molar-refractivity contribution is -0.150. The Hall–Kier alpha value is 0.360. The third-order valence-corrected chi connectivity index (χ3v) is 4.25. The molecule has 2 aliphatic rings. The molecule has 0 bridgehead atoms. The number of ether oxygens (including phenoxy) is 3. The van der Waals surface area contributed by atoms with E-state index < -0.39 is 0 Å². The summed E-state index contributed by atoms with van der Waals surface area (Å²) >= 11 is 3.58. The van der Waals surface area contributed by atoms with Crippen molar-refractivity contribution < 1.29 is 14.2 Å². The Morgan fingerprint density at radius 1 is 1.07 bits per heavy atom. The maximum Gasteiger partial charge on any atom is 0.0826 e. The molecule has 88 valence electrons. The first kappa shape index (κ1) is 11.8. The van der Waals surface area contributed by atoms with Gasteiger partial charge in [0.1, 0.15) is 0 Å². The fourth-order valence-corrected chi connectivity index (χ4v) is 2.87. The Morgan fingerprint density at radius 2 is 1.67 bits per heavy atom. The Balaban J connectivity index is 1.87. The van der Waals surface area contributed by atoms with Crippen molar-refractivity contribution in [1.29, 1.82) is 0 Å². The molecule has 2 fully saturated rings. The topological polar surface area (TPSA) is 27.7 Å². The highest BCUT2D eigenvalue weighted by Crippen LogP contribution is 2.30. The predicted octanol–water partition coefficient (Wildman–Crippen LogP) is 2.13. The van der Waals surface area contributed by atoms with Crippen LogP contribution < -0.4 is 0 Å². The Kier molecular flexibility index (Phi) is 4.43. The van der Waals surface area contributed by atoms with E-state index in [-0.39, 0.29) is 5.60 Å². The summed E-state index contributed by atoms with van der Waals surface area (Å²) in [5.41, 5.74) is 0.0141. The SMILES string of the molecule is BrCC1(OC2CCOCC2)CCOCC1. The highest BCUT2D eigenvalue weighted by atomic mass is 79.9. The van der Waals surface area contributed by atoms with E-state index >= 15 is 0 Å². The summed E-state index contributed by atoms with van der Waals surface area (Å²) in [5.74, 6) is 0. The molecule has 2 rings (SSSR count). The minimum Gasteiger partial charge on any atom is -0.381 e. The number of alkyl halides is 1. The van der Waals surface area contributed by atoms with Crippen molar-refractivity contribution in [3.63, 3.8) is 0 Å². The van der Waals surface area contributed by atoms with Crippen LogP contribution in [0.1, 0.15) is 25.7 Å². The van der Waals surface area contributed by atoms with Crippen LogP contribution in [0.15, 0.2) is 0 Å². The summed E-state index contributed by atoms with van der Waals surface area (Å²) in [6, 6.07) is 0. The van der Waals surface area contributed by atoms with Gasteiger partial charge in [0.2, 0.25) is 0 Å². The normalized spacial score (nSPS) is 27.8. The van der Waals surface area contributed by atoms with Crippen molar-refractivity contribution in [3.05, 3.63) is 0 Å². The van der Waals surface area contributed by atoms with Gasteiger partial charge in [-0.1, -0.05) is 15.9 Å². The van der Waals surface area contributed by atoms with Gasteiger partial charge in [-0.25, -0.2) is 0 Å². The number of hydrogen-bond donors (Lipinski definition) is 0. The molecule has 0 aromatic heterocycles. The molecule has 2 heterocycles. The molecule has 0 radical (unpaired) electrons. The lowest BCUT2D eigenvalue weighted by atomic mass is 9.95. The minimum atomic E-state index is 0.0141. The molecule has 0 aliphatic carbocycles. The maximum absolute atomic E-state index is 6.26. The van der Waals surface area contributed by atoms with E-state index in [1.54, 1.807) is 0 Å². The molecule has 3 nitrogen and oxygen atoms in total. The molecule has 0 unspecified atom stereocenters. The molecule has 0 aromatic rings. The van der Waals surface area contributed by atoms with Gasteiger partial charge in [0, 0.05) is 44.6 Å². The van der Waals surface area contributed by atoms with Crippen molar-refractivity contribution in [2.45, 2.75) is 37.4 Å². The van der Waals surface area contributed by atoms with E-state index in [1.807, 2.05) is 0 Å². The number of hydrogen-bond acceptors (Lipinski definition) is 3. The maximum atomic E-state index is 6.26. The van der Waals surface area contributed by atoms with Gasteiger partial charge in [-0.2, -0.15) is 0 Å². The van der Waals surface area contributed by atoms with Crippen LogP contribution in [-0.4, -0.2) is 43.5 Å². The Labute approximate surface area is 99.6 Å². The molecule has 0 saturated carbocycles. The zero-order valence-electron chi connectivity index (χ0n) is 9.04. The van der Waals surface area contributed by atoms with Crippen LogP contribution in [0.4, 0.5) is 0 Å².